The van der Waals surface area contributed by atoms with Crippen LogP contribution in [0.4, 0.5) is 0 Å². The molecule has 38 heavy (non-hydrogen) atoms. The molecule has 0 aliphatic carbocycles. The van der Waals surface area contributed by atoms with Crippen molar-refractivity contribution < 1.29 is 0 Å². The number of benzene rings is 1. The maximum absolute atomic E-state index is 3.19. The van der Waals surface area contributed by atoms with E-state index in [4.69, 9.17) is 0 Å². The third kappa shape index (κ3) is 5.51. The van der Waals surface area contributed by atoms with Crippen LogP contribution in [0.5, 0.6) is 0 Å². The van der Waals surface area contributed by atoms with Crippen molar-refractivity contribution in [3.8, 4) is 0 Å². The van der Waals surface area contributed by atoms with E-state index in [0.717, 1.165) is 0 Å². The molecule has 1 aromatic carbocycles. The highest BCUT2D eigenvalue weighted by Gasteiger charge is 2.82. The molecule has 0 heterocycles. The Hall–Kier alpha value is 1.61. The van der Waals surface area contributed by atoms with Crippen molar-refractivity contribution in [3.63, 3.8) is 0 Å². The van der Waals surface area contributed by atoms with Crippen LogP contribution in [0, 0.1) is 0 Å². The van der Waals surface area contributed by atoms with Crippen LogP contribution in [0.2, 0.25) is 137 Å². The Morgan fingerprint density at radius 3 is 0.737 bits per heavy atom. The highest BCUT2D eigenvalue weighted by atomic mass is 30.5. The van der Waals surface area contributed by atoms with E-state index in [0.29, 0.717) is 0 Å². The molecule has 0 aliphatic heterocycles. The van der Waals surface area contributed by atoms with Gasteiger partial charge in [-0.3, -0.25) is 0 Å². The van der Waals surface area contributed by atoms with Crippen LogP contribution in [0.25, 0.3) is 0 Å². The first-order chi connectivity index (χ1) is 16.3. The average Bonchev–Trinajstić information content (AvgIpc) is 2.65. The summed E-state index contributed by atoms with van der Waals surface area (Å²) >= 11 is 0. The molecule has 0 nitrogen and oxygen atoms in total. The van der Waals surface area contributed by atoms with Gasteiger partial charge in [0.1, 0.15) is 0 Å². The molecular formula is C27H68Si11. The van der Waals surface area contributed by atoms with Gasteiger partial charge in [0.15, 0.2) is 0 Å². The zero-order valence-electron chi connectivity index (χ0n) is 29.9. The zero-order valence-corrected chi connectivity index (χ0v) is 40.9. The van der Waals surface area contributed by atoms with Crippen molar-refractivity contribution in [2.75, 3.05) is 0 Å². The van der Waals surface area contributed by atoms with Gasteiger partial charge in [0.2, 0.25) is 0 Å². The van der Waals surface area contributed by atoms with Crippen LogP contribution in [0.15, 0.2) is 30.3 Å². The fourth-order valence-corrected chi connectivity index (χ4v) is 554. The largest absolute Gasteiger partial charge is 0.0752 e. The van der Waals surface area contributed by atoms with Crippen LogP contribution in [-0.4, -0.2) is 80.6 Å². The van der Waals surface area contributed by atoms with Gasteiger partial charge in [0.05, 0.1) is 9.04 Å². The number of rotatable bonds is 11. The standard InChI is InChI=1S/C27H68Si11/c1-29(2,3)35(19,30(4,5)6)38(28-27-25-23-22-24-26-27,36(20,31(7,8)9)32(10,11)12)37(21,33(13,14)15)34(16,17)18/h22-26H,1-21H3. The summed E-state index contributed by atoms with van der Waals surface area (Å²) in [5.41, 5.74) is 0. The highest BCUT2D eigenvalue weighted by molar-refractivity contribution is 8.33. The van der Waals surface area contributed by atoms with E-state index in [1.807, 2.05) is 0 Å². The van der Waals surface area contributed by atoms with E-state index in [1.165, 1.54) is 9.04 Å². The Kier molecular flexibility index (Phi) is 10.8. The maximum atomic E-state index is 3.19. The summed E-state index contributed by atoms with van der Waals surface area (Å²) in [7, 11) is -7.46. The summed E-state index contributed by atoms with van der Waals surface area (Å²) < 4.78 is 0. The van der Waals surface area contributed by atoms with Crippen molar-refractivity contribution in [3.05, 3.63) is 30.3 Å². The van der Waals surface area contributed by atoms with Crippen LogP contribution < -0.4 is 5.19 Å². The topological polar surface area (TPSA) is 0 Å². The molecule has 0 N–H and O–H groups in total. The minimum absolute atomic E-state index is 1.19. The van der Waals surface area contributed by atoms with Gasteiger partial charge in [-0.15, -0.1) is 0 Å². The minimum Gasteiger partial charge on any atom is -0.0752 e. The van der Waals surface area contributed by atoms with E-state index in [9.17, 15) is 0 Å². The van der Waals surface area contributed by atoms with Gasteiger partial charge in [-0.2, -0.15) is 0 Å². The Morgan fingerprint density at radius 2 is 0.553 bits per heavy atom. The fourth-order valence-electron chi connectivity index (χ4n) is 9.36. The van der Waals surface area contributed by atoms with Crippen LogP contribution in [0.1, 0.15) is 0 Å². The molecule has 0 saturated carbocycles. The fraction of sp³-hybridized carbons (Fsp3) is 0.778. The summed E-state index contributed by atoms with van der Waals surface area (Å²) in [4.78, 5) is 0. The van der Waals surface area contributed by atoms with Crippen LogP contribution in [0.3, 0.4) is 0 Å². The zero-order chi connectivity index (χ0) is 30.8. The molecule has 0 aliphatic rings. The minimum atomic E-state index is -1.80. The molecule has 0 saturated heterocycles. The molecule has 2 radical (unpaired) electrons. The van der Waals surface area contributed by atoms with Gasteiger partial charge in [-0.1, -0.05) is 173 Å². The molecule has 0 spiro atoms. The summed E-state index contributed by atoms with van der Waals surface area (Å²) in [5, 5.41) is 1.79. The van der Waals surface area contributed by atoms with E-state index < -0.39 is 71.6 Å². The van der Waals surface area contributed by atoms with Gasteiger partial charge in [0, 0.05) is 71.6 Å². The monoisotopic (exact) mass is 700 g/mol. The maximum Gasteiger partial charge on any atom is 0.0613 e. The van der Waals surface area contributed by atoms with Crippen molar-refractivity contribution in [2.45, 2.75) is 137 Å². The lowest BCUT2D eigenvalue weighted by atomic mass is 10.4. The molecule has 0 unspecified atom stereocenters. The quantitative estimate of drug-likeness (QED) is 0.202. The third-order valence-corrected chi connectivity index (χ3v) is 291. The third-order valence-electron chi connectivity index (χ3n) is 12.4. The van der Waals surface area contributed by atoms with E-state index in [-0.39, 0.29) is 0 Å². The highest BCUT2D eigenvalue weighted by Crippen LogP contribution is 2.54. The second-order valence-electron chi connectivity index (χ2n) is 19.1. The first-order valence-electron chi connectivity index (χ1n) is 15.2. The number of hydrogen-bond donors (Lipinski definition) is 0. The SMILES string of the molecule is C[Si](C)(C)[Si](C)([Si](C)(C)C)[Si]([Si]c1ccccc1)([Si](C)([Si](C)(C)C)[Si](C)(C)C)[Si](C)([Si](C)(C)C)[Si](C)(C)C. The van der Waals surface area contributed by atoms with Crippen molar-refractivity contribution in [1.82, 2.24) is 0 Å². The second-order valence-corrected chi connectivity index (χ2v) is 141. The molecule has 1 rings (SSSR count). The normalized spacial score (nSPS) is 16.1. The van der Waals surface area contributed by atoms with Gasteiger partial charge in [0.25, 0.3) is 0 Å². The Morgan fingerprint density at radius 1 is 0.342 bits per heavy atom. The number of hydrogen-bond acceptors (Lipinski definition) is 0. The van der Waals surface area contributed by atoms with Crippen LogP contribution >= 0.6 is 0 Å². The molecule has 0 fully saturated rings. The van der Waals surface area contributed by atoms with E-state index in [1.54, 1.807) is 5.19 Å². The van der Waals surface area contributed by atoms with E-state index in [2.05, 4.69) is 168 Å². The van der Waals surface area contributed by atoms with E-state index >= 15 is 0 Å². The molecule has 220 valence electrons. The average molecular weight is 702 g/mol. The predicted molar refractivity (Wildman–Crippen MR) is 213 cm³/mol. The summed E-state index contributed by atoms with van der Waals surface area (Å²) in [6.45, 7) is 57.2. The summed E-state index contributed by atoms with van der Waals surface area (Å²) in [5.74, 6) is 0. The first-order valence-corrected chi connectivity index (χ1v) is 56.7. The van der Waals surface area contributed by atoms with Crippen LogP contribution in [-0.2, 0) is 0 Å². The Labute approximate surface area is 251 Å². The van der Waals surface area contributed by atoms with Gasteiger partial charge in [-0.05, 0) is 0 Å². The van der Waals surface area contributed by atoms with Crippen molar-refractivity contribution in [2.24, 2.45) is 0 Å². The van der Waals surface area contributed by atoms with Gasteiger partial charge in [-0.25, -0.2) is 0 Å². The smallest absolute Gasteiger partial charge is 0.0613 e. The summed E-state index contributed by atoms with van der Waals surface area (Å²) in [6.07, 6.45) is -1.80. The second kappa shape index (κ2) is 11.0. The Balaban J connectivity index is 5.03. The molecule has 0 bridgehead atoms. The lowest BCUT2D eigenvalue weighted by molar-refractivity contribution is 1.73. The molecule has 11 heteroatoms. The molecular weight excluding hydrogens is 633 g/mol. The molecule has 0 amide bonds. The van der Waals surface area contributed by atoms with Gasteiger partial charge >= 0.3 is 0 Å². The molecule has 0 atom stereocenters. The summed E-state index contributed by atoms with van der Waals surface area (Å²) in [6, 6.07) is 12.3. The molecule has 1 aromatic rings. The lowest BCUT2D eigenvalue weighted by Gasteiger charge is -2.78. The van der Waals surface area contributed by atoms with Crippen molar-refractivity contribution in [1.29, 1.82) is 0 Å². The first kappa shape index (κ1) is 37.6. The van der Waals surface area contributed by atoms with Gasteiger partial charge < -0.3 is 0 Å². The molecule has 0 aromatic heterocycles. The van der Waals surface area contributed by atoms with Crippen molar-refractivity contribution >= 4 is 85.8 Å². The lowest BCUT2D eigenvalue weighted by Crippen LogP contribution is -3.10. The predicted octanol–water partition coefficient (Wildman–Crippen LogP) is 8.93. The Bertz CT molecular complexity index is 812.